The minimum Gasteiger partial charge on any atom is -0.276 e. The molecular formula is C10H5Cl3O. The quantitative estimate of drug-likeness (QED) is 0.692. The summed E-state index contributed by atoms with van der Waals surface area (Å²) < 4.78 is 0. The van der Waals surface area contributed by atoms with Crippen molar-refractivity contribution in [2.24, 2.45) is 0 Å². The molecule has 0 unspecified atom stereocenters. The average Bonchev–Trinajstić information content (AvgIpc) is 2.47. The third-order valence-corrected chi connectivity index (χ3v) is 2.94. The van der Waals surface area contributed by atoms with Crippen LogP contribution in [-0.4, -0.2) is 5.24 Å². The maximum Gasteiger partial charge on any atom is 0.248 e. The zero-order chi connectivity index (χ0) is 10.3. The third-order valence-electron chi connectivity index (χ3n) is 2.14. The van der Waals surface area contributed by atoms with Gasteiger partial charge in [0.05, 0.1) is 0 Å². The molecule has 1 aliphatic rings. The van der Waals surface area contributed by atoms with E-state index in [0.717, 1.165) is 11.1 Å². The van der Waals surface area contributed by atoms with Gasteiger partial charge in [-0.3, -0.25) is 4.79 Å². The van der Waals surface area contributed by atoms with Crippen LogP contribution in [0.1, 0.15) is 11.1 Å². The normalized spacial score (nSPS) is 13.8. The summed E-state index contributed by atoms with van der Waals surface area (Å²) in [4.78, 5) is 10.9. The van der Waals surface area contributed by atoms with Crippen LogP contribution in [0.3, 0.4) is 0 Å². The van der Waals surface area contributed by atoms with Gasteiger partial charge in [-0.2, -0.15) is 0 Å². The number of carbonyl (C=O) groups is 1. The van der Waals surface area contributed by atoms with E-state index in [1.807, 2.05) is 0 Å². The Morgan fingerprint density at radius 1 is 1.29 bits per heavy atom. The van der Waals surface area contributed by atoms with Crippen molar-refractivity contribution in [3.8, 4) is 0 Å². The second-order valence-corrected chi connectivity index (χ2v) is 4.26. The van der Waals surface area contributed by atoms with E-state index < -0.39 is 5.24 Å². The molecule has 0 amide bonds. The van der Waals surface area contributed by atoms with Gasteiger partial charge < -0.3 is 0 Å². The molecule has 0 fully saturated rings. The SMILES string of the molecule is O=C(Cl)C1=Cc2cc(Cl)cc(Cl)c2C1. The Balaban J connectivity index is 2.51. The lowest BCUT2D eigenvalue weighted by molar-refractivity contribution is -0.108. The zero-order valence-corrected chi connectivity index (χ0v) is 9.25. The zero-order valence-electron chi connectivity index (χ0n) is 6.98. The number of halogens is 3. The lowest BCUT2D eigenvalue weighted by Gasteiger charge is -2.02. The first-order valence-corrected chi connectivity index (χ1v) is 5.09. The highest BCUT2D eigenvalue weighted by Crippen LogP contribution is 2.34. The van der Waals surface area contributed by atoms with E-state index in [9.17, 15) is 4.79 Å². The molecule has 0 radical (unpaired) electrons. The van der Waals surface area contributed by atoms with Crippen LogP contribution in [-0.2, 0) is 11.2 Å². The number of hydrogen-bond donors (Lipinski definition) is 0. The first kappa shape index (κ1) is 10.0. The Bertz CT molecular complexity index is 449. The molecule has 0 aromatic heterocycles. The number of fused-ring (bicyclic) bond motifs is 1. The minimum atomic E-state index is -0.437. The topological polar surface area (TPSA) is 17.1 Å². The second-order valence-electron chi connectivity index (χ2n) is 3.08. The molecule has 1 aromatic rings. The van der Waals surface area contributed by atoms with Crippen LogP contribution in [0.4, 0.5) is 0 Å². The summed E-state index contributed by atoms with van der Waals surface area (Å²) in [7, 11) is 0. The van der Waals surface area contributed by atoms with Gasteiger partial charge >= 0.3 is 0 Å². The van der Waals surface area contributed by atoms with Crippen molar-refractivity contribution < 1.29 is 4.79 Å². The highest BCUT2D eigenvalue weighted by molar-refractivity contribution is 6.68. The minimum absolute atomic E-state index is 0.437. The van der Waals surface area contributed by atoms with Crippen LogP contribution >= 0.6 is 34.8 Å². The summed E-state index contributed by atoms with van der Waals surface area (Å²) in [6.45, 7) is 0. The molecule has 1 aromatic carbocycles. The summed E-state index contributed by atoms with van der Waals surface area (Å²) >= 11 is 17.2. The lowest BCUT2D eigenvalue weighted by Crippen LogP contribution is -1.93. The van der Waals surface area contributed by atoms with Crippen LogP contribution in [0.25, 0.3) is 6.08 Å². The van der Waals surface area contributed by atoms with Crippen LogP contribution in [0.15, 0.2) is 17.7 Å². The fourth-order valence-corrected chi connectivity index (χ4v) is 2.19. The summed E-state index contributed by atoms with van der Waals surface area (Å²) in [6.07, 6.45) is 2.22. The van der Waals surface area contributed by atoms with E-state index in [1.165, 1.54) is 0 Å². The molecule has 0 saturated carbocycles. The van der Waals surface area contributed by atoms with Gasteiger partial charge in [-0.15, -0.1) is 0 Å². The Morgan fingerprint density at radius 2 is 2.00 bits per heavy atom. The average molecular weight is 248 g/mol. The predicted molar refractivity (Wildman–Crippen MR) is 59.0 cm³/mol. The Hall–Kier alpha value is -0.500. The third kappa shape index (κ3) is 1.68. The lowest BCUT2D eigenvalue weighted by atomic mass is 10.1. The highest BCUT2D eigenvalue weighted by atomic mass is 35.5. The summed E-state index contributed by atoms with van der Waals surface area (Å²) in [5.41, 5.74) is 2.36. The van der Waals surface area contributed by atoms with Crippen molar-refractivity contribution in [2.45, 2.75) is 6.42 Å². The van der Waals surface area contributed by atoms with Gasteiger partial charge in [-0.05, 0) is 40.9 Å². The molecule has 0 saturated heterocycles. The Morgan fingerprint density at radius 3 is 2.64 bits per heavy atom. The van der Waals surface area contributed by atoms with Gasteiger partial charge in [0.25, 0.3) is 0 Å². The number of carbonyl (C=O) groups excluding carboxylic acids is 1. The van der Waals surface area contributed by atoms with Crippen LogP contribution in [0.2, 0.25) is 10.0 Å². The Labute approximate surface area is 96.3 Å². The molecule has 1 aliphatic carbocycles. The molecule has 0 bridgehead atoms. The molecule has 14 heavy (non-hydrogen) atoms. The van der Waals surface area contributed by atoms with Gasteiger partial charge in [-0.25, -0.2) is 0 Å². The molecule has 0 aliphatic heterocycles. The van der Waals surface area contributed by atoms with Gasteiger partial charge in [-0.1, -0.05) is 23.2 Å². The van der Waals surface area contributed by atoms with Crippen LogP contribution < -0.4 is 0 Å². The molecule has 1 nitrogen and oxygen atoms in total. The smallest absolute Gasteiger partial charge is 0.248 e. The molecular weight excluding hydrogens is 242 g/mol. The van der Waals surface area contributed by atoms with E-state index in [-0.39, 0.29) is 0 Å². The molecule has 72 valence electrons. The van der Waals surface area contributed by atoms with Crippen molar-refractivity contribution in [2.75, 3.05) is 0 Å². The summed E-state index contributed by atoms with van der Waals surface area (Å²) in [5.74, 6) is 0. The standard InChI is InChI=1S/C10H5Cl3O/c11-7-2-5-1-6(10(13)14)3-8(5)9(12)4-7/h1-2,4H,3H2. The predicted octanol–water partition coefficient (Wildman–Crippen LogP) is 3.70. The first-order valence-electron chi connectivity index (χ1n) is 3.96. The molecule has 0 heterocycles. The molecule has 2 rings (SSSR count). The highest BCUT2D eigenvalue weighted by Gasteiger charge is 2.19. The monoisotopic (exact) mass is 246 g/mol. The number of allylic oxidation sites excluding steroid dienone is 1. The van der Waals surface area contributed by atoms with Crippen molar-refractivity contribution in [3.63, 3.8) is 0 Å². The molecule has 0 N–H and O–H groups in total. The van der Waals surface area contributed by atoms with Crippen LogP contribution in [0.5, 0.6) is 0 Å². The van der Waals surface area contributed by atoms with Gasteiger partial charge in [0.2, 0.25) is 5.24 Å². The molecule has 0 spiro atoms. The van der Waals surface area contributed by atoms with E-state index >= 15 is 0 Å². The molecule has 4 heteroatoms. The number of hydrogen-bond acceptors (Lipinski definition) is 1. The van der Waals surface area contributed by atoms with E-state index in [2.05, 4.69) is 0 Å². The van der Waals surface area contributed by atoms with E-state index in [1.54, 1.807) is 18.2 Å². The maximum absolute atomic E-state index is 10.9. The second kappa shape index (κ2) is 3.58. The molecule has 0 atom stereocenters. The largest absolute Gasteiger partial charge is 0.276 e. The van der Waals surface area contributed by atoms with Crippen LogP contribution in [0, 0.1) is 0 Å². The van der Waals surface area contributed by atoms with Gasteiger partial charge in [0, 0.05) is 22.0 Å². The fraction of sp³-hybridized carbons (Fsp3) is 0.100. The Kier molecular flexibility index (Phi) is 2.56. The van der Waals surface area contributed by atoms with Crippen molar-refractivity contribution in [3.05, 3.63) is 38.9 Å². The van der Waals surface area contributed by atoms with E-state index in [4.69, 9.17) is 34.8 Å². The van der Waals surface area contributed by atoms with Gasteiger partial charge in [0.15, 0.2) is 0 Å². The van der Waals surface area contributed by atoms with Crippen molar-refractivity contribution >= 4 is 46.1 Å². The summed E-state index contributed by atoms with van der Waals surface area (Å²) in [6, 6.07) is 3.44. The van der Waals surface area contributed by atoms with Crippen molar-refractivity contribution in [1.82, 2.24) is 0 Å². The van der Waals surface area contributed by atoms with Crippen molar-refractivity contribution in [1.29, 1.82) is 0 Å². The first-order chi connectivity index (χ1) is 6.58. The van der Waals surface area contributed by atoms with Gasteiger partial charge in [0.1, 0.15) is 0 Å². The maximum atomic E-state index is 10.9. The summed E-state index contributed by atoms with van der Waals surface area (Å²) in [5, 5.41) is 0.707. The number of benzene rings is 1. The van der Waals surface area contributed by atoms with E-state index in [0.29, 0.717) is 22.0 Å². The fourth-order valence-electron chi connectivity index (χ4n) is 1.49. The number of rotatable bonds is 1.